The number of benzene rings is 1. The zero-order chi connectivity index (χ0) is 10.0. The van der Waals surface area contributed by atoms with Crippen molar-refractivity contribution in [1.82, 2.24) is 0 Å². The van der Waals surface area contributed by atoms with Crippen LogP contribution in [0.15, 0.2) is 18.2 Å². The molecule has 0 aromatic heterocycles. The SMILES string of the molecule is Cc1ccc(C(C)C(C)N)cc1F. The van der Waals surface area contributed by atoms with Gasteiger partial charge in [-0.25, -0.2) is 4.39 Å². The topological polar surface area (TPSA) is 26.0 Å². The van der Waals surface area contributed by atoms with Gasteiger partial charge in [-0.15, -0.1) is 0 Å². The molecule has 0 aliphatic rings. The first-order chi connectivity index (χ1) is 6.02. The first kappa shape index (κ1) is 10.2. The van der Waals surface area contributed by atoms with Crippen LogP contribution in [-0.4, -0.2) is 6.04 Å². The highest BCUT2D eigenvalue weighted by atomic mass is 19.1. The maximum atomic E-state index is 13.2. The Morgan fingerprint density at radius 1 is 1.31 bits per heavy atom. The number of nitrogens with two attached hydrogens (primary N) is 1. The van der Waals surface area contributed by atoms with E-state index in [1.807, 2.05) is 19.9 Å². The van der Waals surface area contributed by atoms with Gasteiger partial charge in [-0.3, -0.25) is 0 Å². The van der Waals surface area contributed by atoms with Crippen molar-refractivity contribution in [3.8, 4) is 0 Å². The molecule has 0 radical (unpaired) electrons. The predicted octanol–water partition coefficient (Wildman–Crippen LogP) is 2.58. The maximum absolute atomic E-state index is 13.2. The third kappa shape index (κ3) is 2.28. The zero-order valence-electron chi connectivity index (χ0n) is 8.34. The van der Waals surface area contributed by atoms with Crippen LogP contribution in [-0.2, 0) is 0 Å². The molecule has 0 amide bonds. The molecule has 0 aliphatic carbocycles. The molecule has 0 bridgehead atoms. The number of halogens is 1. The third-order valence-electron chi connectivity index (χ3n) is 2.51. The highest BCUT2D eigenvalue weighted by Crippen LogP contribution is 2.20. The predicted molar refractivity (Wildman–Crippen MR) is 53.2 cm³/mol. The van der Waals surface area contributed by atoms with E-state index in [0.717, 1.165) is 5.56 Å². The highest BCUT2D eigenvalue weighted by Gasteiger charge is 2.11. The standard InChI is InChI=1S/C11H16FN/c1-7-4-5-10(6-11(7)12)8(2)9(3)13/h4-6,8-9H,13H2,1-3H3. The minimum atomic E-state index is -0.148. The van der Waals surface area contributed by atoms with Crippen molar-refractivity contribution in [1.29, 1.82) is 0 Å². The summed E-state index contributed by atoms with van der Waals surface area (Å²) in [7, 11) is 0. The average molecular weight is 181 g/mol. The largest absolute Gasteiger partial charge is 0.327 e. The van der Waals surface area contributed by atoms with Crippen molar-refractivity contribution in [2.75, 3.05) is 0 Å². The first-order valence-electron chi connectivity index (χ1n) is 4.54. The van der Waals surface area contributed by atoms with E-state index in [4.69, 9.17) is 5.73 Å². The number of rotatable bonds is 2. The van der Waals surface area contributed by atoms with Gasteiger partial charge in [0.05, 0.1) is 0 Å². The van der Waals surface area contributed by atoms with E-state index in [-0.39, 0.29) is 17.8 Å². The molecule has 1 nitrogen and oxygen atoms in total. The molecule has 0 spiro atoms. The van der Waals surface area contributed by atoms with E-state index in [1.165, 1.54) is 0 Å². The molecule has 2 unspecified atom stereocenters. The molecule has 2 atom stereocenters. The Morgan fingerprint density at radius 2 is 1.92 bits per heavy atom. The second-order valence-electron chi connectivity index (χ2n) is 3.66. The lowest BCUT2D eigenvalue weighted by Crippen LogP contribution is -2.22. The summed E-state index contributed by atoms with van der Waals surface area (Å²) in [5.74, 6) is 0.0556. The van der Waals surface area contributed by atoms with Crippen LogP contribution in [0.3, 0.4) is 0 Å². The molecule has 0 saturated carbocycles. The summed E-state index contributed by atoms with van der Waals surface area (Å²) in [6, 6.07) is 5.36. The van der Waals surface area contributed by atoms with Crippen molar-refractivity contribution in [2.24, 2.45) is 5.73 Å². The van der Waals surface area contributed by atoms with Gasteiger partial charge in [0.25, 0.3) is 0 Å². The Morgan fingerprint density at radius 3 is 2.38 bits per heavy atom. The summed E-state index contributed by atoms with van der Waals surface area (Å²) in [4.78, 5) is 0. The Labute approximate surface area is 78.8 Å². The van der Waals surface area contributed by atoms with Crippen molar-refractivity contribution in [2.45, 2.75) is 32.7 Å². The highest BCUT2D eigenvalue weighted by molar-refractivity contribution is 5.26. The smallest absolute Gasteiger partial charge is 0.126 e. The quantitative estimate of drug-likeness (QED) is 0.745. The van der Waals surface area contributed by atoms with Crippen LogP contribution >= 0.6 is 0 Å². The number of hydrogen-bond donors (Lipinski definition) is 1. The summed E-state index contributed by atoms with van der Waals surface area (Å²) in [5, 5.41) is 0. The molecule has 1 aromatic rings. The van der Waals surface area contributed by atoms with Crippen molar-refractivity contribution >= 4 is 0 Å². The van der Waals surface area contributed by atoms with Crippen LogP contribution in [0, 0.1) is 12.7 Å². The van der Waals surface area contributed by atoms with E-state index in [2.05, 4.69) is 0 Å². The zero-order valence-corrected chi connectivity index (χ0v) is 8.34. The summed E-state index contributed by atoms with van der Waals surface area (Å²) < 4.78 is 13.2. The molecular formula is C11H16FN. The Balaban J connectivity index is 2.97. The molecule has 13 heavy (non-hydrogen) atoms. The van der Waals surface area contributed by atoms with Gasteiger partial charge in [0.1, 0.15) is 5.82 Å². The Bertz CT molecular complexity index is 294. The summed E-state index contributed by atoms with van der Waals surface area (Å²) in [6.07, 6.45) is 0. The van der Waals surface area contributed by atoms with Crippen LogP contribution in [0.25, 0.3) is 0 Å². The summed E-state index contributed by atoms with van der Waals surface area (Å²) in [5.41, 5.74) is 7.39. The maximum Gasteiger partial charge on any atom is 0.126 e. The van der Waals surface area contributed by atoms with E-state index in [1.54, 1.807) is 19.1 Å². The minimum Gasteiger partial charge on any atom is -0.327 e. The lowest BCUT2D eigenvalue weighted by atomic mass is 9.94. The lowest BCUT2D eigenvalue weighted by Gasteiger charge is -2.16. The fraction of sp³-hybridized carbons (Fsp3) is 0.455. The van der Waals surface area contributed by atoms with Gasteiger partial charge in [-0.2, -0.15) is 0 Å². The van der Waals surface area contributed by atoms with Gasteiger partial charge >= 0.3 is 0 Å². The van der Waals surface area contributed by atoms with Crippen LogP contribution < -0.4 is 5.73 Å². The number of aryl methyl sites for hydroxylation is 1. The second kappa shape index (κ2) is 3.88. The fourth-order valence-electron chi connectivity index (χ4n) is 1.20. The molecule has 2 heteroatoms. The van der Waals surface area contributed by atoms with E-state index in [9.17, 15) is 4.39 Å². The molecule has 72 valence electrons. The van der Waals surface area contributed by atoms with E-state index in [0.29, 0.717) is 5.56 Å². The van der Waals surface area contributed by atoms with Crippen molar-refractivity contribution < 1.29 is 4.39 Å². The normalized spacial score (nSPS) is 15.5. The second-order valence-corrected chi connectivity index (χ2v) is 3.66. The fourth-order valence-corrected chi connectivity index (χ4v) is 1.20. The van der Waals surface area contributed by atoms with Gasteiger partial charge < -0.3 is 5.73 Å². The molecule has 0 heterocycles. The van der Waals surface area contributed by atoms with Crippen LogP contribution in [0.4, 0.5) is 4.39 Å². The molecule has 0 fully saturated rings. The minimum absolute atomic E-state index is 0.0575. The van der Waals surface area contributed by atoms with E-state index >= 15 is 0 Å². The van der Waals surface area contributed by atoms with Gasteiger partial charge in [0.2, 0.25) is 0 Å². The van der Waals surface area contributed by atoms with Crippen LogP contribution in [0.2, 0.25) is 0 Å². The van der Waals surface area contributed by atoms with Crippen LogP contribution in [0.1, 0.15) is 30.9 Å². The average Bonchev–Trinajstić information content (AvgIpc) is 2.08. The molecule has 2 N–H and O–H groups in total. The van der Waals surface area contributed by atoms with Crippen LogP contribution in [0.5, 0.6) is 0 Å². The summed E-state index contributed by atoms with van der Waals surface area (Å²) >= 11 is 0. The Hall–Kier alpha value is -0.890. The summed E-state index contributed by atoms with van der Waals surface area (Å²) in [6.45, 7) is 5.70. The van der Waals surface area contributed by atoms with E-state index < -0.39 is 0 Å². The van der Waals surface area contributed by atoms with Gasteiger partial charge in [0, 0.05) is 6.04 Å². The number of hydrogen-bond acceptors (Lipinski definition) is 1. The molecule has 0 aliphatic heterocycles. The monoisotopic (exact) mass is 181 g/mol. The van der Waals surface area contributed by atoms with Crippen molar-refractivity contribution in [3.05, 3.63) is 35.1 Å². The molecule has 1 aromatic carbocycles. The van der Waals surface area contributed by atoms with Gasteiger partial charge in [-0.1, -0.05) is 19.1 Å². The molecule has 1 rings (SSSR count). The molecule has 0 saturated heterocycles. The lowest BCUT2D eigenvalue weighted by molar-refractivity contribution is 0.589. The Kier molecular flexibility index (Phi) is 3.04. The molecular weight excluding hydrogens is 165 g/mol. The van der Waals surface area contributed by atoms with Gasteiger partial charge in [0.15, 0.2) is 0 Å². The third-order valence-corrected chi connectivity index (χ3v) is 2.51. The first-order valence-corrected chi connectivity index (χ1v) is 4.54. The van der Waals surface area contributed by atoms with Crippen molar-refractivity contribution in [3.63, 3.8) is 0 Å². The van der Waals surface area contributed by atoms with Gasteiger partial charge in [-0.05, 0) is 37.0 Å².